The minimum absolute atomic E-state index is 0.0552. The third-order valence-electron chi connectivity index (χ3n) is 6.61. The molecule has 4 aromatic rings. The van der Waals surface area contributed by atoms with Crippen molar-refractivity contribution in [2.45, 2.75) is 32.9 Å². The second-order valence-electron chi connectivity index (χ2n) is 9.41. The van der Waals surface area contributed by atoms with E-state index < -0.39 is 0 Å². The van der Waals surface area contributed by atoms with Crippen molar-refractivity contribution in [1.29, 1.82) is 0 Å². The van der Waals surface area contributed by atoms with E-state index in [-0.39, 0.29) is 30.4 Å². The van der Waals surface area contributed by atoms with E-state index >= 15 is 0 Å². The van der Waals surface area contributed by atoms with Crippen LogP contribution in [0.15, 0.2) is 91.1 Å². The van der Waals surface area contributed by atoms with Crippen LogP contribution in [0.2, 0.25) is 5.02 Å². The standard InChI is InChI=1S/C30H28ClN3O2/c1-20(2)33(30(36)23-11-7-12-24(31)18-23)19-28(35)34-26-14-5-4-13-25(26)32-16-8-15-27(32)29(34)22-10-6-9-21(3)17-22/h4-18,20,29H,19H2,1-3H3. The Bertz CT molecular complexity index is 1440. The maximum absolute atomic E-state index is 14.2. The number of anilines is 1. The lowest BCUT2D eigenvalue weighted by Crippen LogP contribution is -2.48. The first-order valence-corrected chi connectivity index (χ1v) is 12.4. The van der Waals surface area contributed by atoms with Crippen LogP contribution in [0.25, 0.3) is 5.69 Å². The van der Waals surface area contributed by atoms with E-state index in [1.807, 2.05) is 61.3 Å². The number of aryl methyl sites for hydroxylation is 1. The highest BCUT2D eigenvalue weighted by molar-refractivity contribution is 6.31. The van der Waals surface area contributed by atoms with Gasteiger partial charge in [-0.2, -0.15) is 0 Å². The Labute approximate surface area is 216 Å². The van der Waals surface area contributed by atoms with Crippen LogP contribution in [0.3, 0.4) is 0 Å². The van der Waals surface area contributed by atoms with Gasteiger partial charge in [-0.1, -0.05) is 59.6 Å². The second-order valence-corrected chi connectivity index (χ2v) is 9.85. The first kappa shape index (κ1) is 23.9. The van der Waals surface area contributed by atoms with Gasteiger partial charge in [0.1, 0.15) is 12.6 Å². The van der Waals surface area contributed by atoms with Gasteiger partial charge in [0.2, 0.25) is 5.91 Å². The number of halogens is 1. The normalized spacial score (nSPS) is 14.4. The molecule has 0 fully saturated rings. The number of para-hydroxylation sites is 2. The highest BCUT2D eigenvalue weighted by atomic mass is 35.5. The summed E-state index contributed by atoms with van der Waals surface area (Å²) in [6.07, 6.45) is 2.03. The van der Waals surface area contributed by atoms with Crippen LogP contribution >= 0.6 is 11.6 Å². The van der Waals surface area contributed by atoms with Gasteiger partial charge in [0.25, 0.3) is 5.91 Å². The lowest BCUT2D eigenvalue weighted by molar-refractivity contribution is -0.120. The molecular weight excluding hydrogens is 470 g/mol. The fourth-order valence-electron chi connectivity index (χ4n) is 4.92. The van der Waals surface area contributed by atoms with Crippen molar-refractivity contribution in [2.24, 2.45) is 0 Å². The largest absolute Gasteiger partial charge is 0.327 e. The number of carbonyl (C=O) groups is 2. The van der Waals surface area contributed by atoms with E-state index in [1.54, 1.807) is 29.2 Å². The van der Waals surface area contributed by atoms with Gasteiger partial charge in [-0.3, -0.25) is 14.5 Å². The van der Waals surface area contributed by atoms with Gasteiger partial charge in [0, 0.05) is 22.8 Å². The monoisotopic (exact) mass is 497 g/mol. The number of nitrogens with zero attached hydrogens (tertiary/aromatic N) is 3. The molecule has 6 heteroatoms. The van der Waals surface area contributed by atoms with Crippen LogP contribution in [0.5, 0.6) is 0 Å². The maximum Gasteiger partial charge on any atom is 0.254 e. The summed E-state index contributed by atoms with van der Waals surface area (Å²) in [7, 11) is 0. The Kier molecular flexibility index (Phi) is 6.42. The van der Waals surface area contributed by atoms with Gasteiger partial charge in [-0.05, 0) is 68.8 Å². The molecular formula is C30H28ClN3O2. The molecule has 0 saturated heterocycles. The van der Waals surface area contributed by atoms with Crippen molar-refractivity contribution < 1.29 is 9.59 Å². The predicted molar refractivity (Wildman–Crippen MR) is 144 cm³/mol. The average molecular weight is 498 g/mol. The third-order valence-corrected chi connectivity index (χ3v) is 6.84. The molecule has 2 amide bonds. The van der Waals surface area contributed by atoms with E-state index in [1.165, 1.54) is 0 Å². The molecule has 0 saturated carbocycles. The van der Waals surface area contributed by atoms with Gasteiger partial charge < -0.3 is 9.47 Å². The summed E-state index contributed by atoms with van der Waals surface area (Å²) in [6.45, 7) is 5.84. The molecule has 1 unspecified atom stereocenters. The molecule has 0 bridgehead atoms. The van der Waals surface area contributed by atoms with E-state index in [0.717, 1.165) is 28.2 Å². The summed E-state index contributed by atoms with van der Waals surface area (Å²) in [4.78, 5) is 31.1. The van der Waals surface area contributed by atoms with Gasteiger partial charge in [0.15, 0.2) is 0 Å². The fourth-order valence-corrected chi connectivity index (χ4v) is 5.11. The smallest absolute Gasteiger partial charge is 0.254 e. The molecule has 36 heavy (non-hydrogen) atoms. The summed E-state index contributed by atoms with van der Waals surface area (Å²) in [5.74, 6) is -0.368. The van der Waals surface area contributed by atoms with Crippen LogP contribution in [0.1, 0.15) is 47.1 Å². The molecule has 0 N–H and O–H groups in total. The maximum atomic E-state index is 14.2. The van der Waals surface area contributed by atoms with Crippen molar-refractivity contribution in [3.8, 4) is 5.69 Å². The van der Waals surface area contributed by atoms with Crippen molar-refractivity contribution in [3.05, 3.63) is 119 Å². The van der Waals surface area contributed by atoms with E-state index in [9.17, 15) is 9.59 Å². The van der Waals surface area contributed by atoms with Gasteiger partial charge in [0.05, 0.1) is 17.1 Å². The second kappa shape index (κ2) is 9.67. The fraction of sp³-hybridized carbons (Fsp3) is 0.200. The summed E-state index contributed by atoms with van der Waals surface area (Å²) in [5, 5.41) is 0.487. The number of aromatic nitrogens is 1. The molecule has 0 spiro atoms. The molecule has 1 aliphatic heterocycles. The number of carbonyl (C=O) groups excluding carboxylic acids is 2. The minimum atomic E-state index is -0.322. The Morgan fingerprint density at radius 2 is 1.67 bits per heavy atom. The summed E-state index contributed by atoms with van der Waals surface area (Å²) in [5.41, 5.74) is 5.37. The molecule has 182 valence electrons. The highest BCUT2D eigenvalue weighted by Gasteiger charge is 2.37. The van der Waals surface area contributed by atoms with E-state index in [2.05, 4.69) is 35.8 Å². The van der Waals surface area contributed by atoms with E-state index in [4.69, 9.17) is 11.6 Å². The molecule has 2 heterocycles. The van der Waals surface area contributed by atoms with Crippen LogP contribution < -0.4 is 4.90 Å². The Balaban J connectivity index is 1.58. The summed E-state index contributed by atoms with van der Waals surface area (Å²) < 4.78 is 2.14. The molecule has 1 atom stereocenters. The average Bonchev–Trinajstić information content (AvgIpc) is 3.35. The number of rotatable bonds is 5. The minimum Gasteiger partial charge on any atom is -0.327 e. The molecule has 0 aliphatic carbocycles. The lowest BCUT2D eigenvalue weighted by atomic mass is 9.96. The van der Waals surface area contributed by atoms with Crippen molar-refractivity contribution >= 4 is 29.1 Å². The summed E-state index contributed by atoms with van der Waals surface area (Å²) >= 11 is 6.15. The quantitative estimate of drug-likeness (QED) is 0.319. The zero-order valence-electron chi connectivity index (χ0n) is 20.6. The van der Waals surface area contributed by atoms with E-state index in [0.29, 0.717) is 10.6 Å². The Morgan fingerprint density at radius 1 is 0.917 bits per heavy atom. The van der Waals surface area contributed by atoms with Crippen LogP contribution in [-0.2, 0) is 4.79 Å². The Morgan fingerprint density at radius 3 is 2.39 bits per heavy atom. The predicted octanol–water partition coefficient (Wildman–Crippen LogP) is 6.43. The molecule has 3 aromatic carbocycles. The SMILES string of the molecule is Cc1cccc(C2c3cccn3-c3ccccc3N2C(=O)CN(C(=O)c2cccc(Cl)c2)C(C)C)c1. The molecule has 1 aliphatic rings. The molecule has 1 aromatic heterocycles. The first-order chi connectivity index (χ1) is 17.3. The Hall–Kier alpha value is -3.83. The summed E-state index contributed by atoms with van der Waals surface area (Å²) in [6, 6.07) is 26.6. The van der Waals surface area contributed by atoms with Gasteiger partial charge in [-0.25, -0.2) is 0 Å². The zero-order valence-corrected chi connectivity index (χ0v) is 21.3. The number of hydrogen-bond acceptors (Lipinski definition) is 2. The lowest BCUT2D eigenvalue weighted by Gasteiger charge is -2.40. The zero-order chi connectivity index (χ0) is 25.4. The van der Waals surface area contributed by atoms with Crippen molar-refractivity contribution in [2.75, 3.05) is 11.4 Å². The van der Waals surface area contributed by atoms with Gasteiger partial charge in [-0.15, -0.1) is 0 Å². The van der Waals surface area contributed by atoms with Crippen molar-refractivity contribution in [3.63, 3.8) is 0 Å². The molecule has 5 rings (SSSR count). The number of hydrogen-bond donors (Lipinski definition) is 0. The third kappa shape index (κ3) is 4.31. The topological polar surface area (TPSA) is 45.6 Å². The molecule has 0 radical (unpaired) electrons. The molecule has 5 nitrogen and oxygen atoms in total. The highest BCUT2D eigenvalue weighted by Crippen LogP contribution is 2.42. The van der Waals surface area contributed by atoms with Crippen molar-refractivity contribution in [1.82, 2.24) is 9.47 Å². The van der Waals surface area contributed by atoms with Crippen LogP contribution in [0, 0.1) is 6.92 Å². The number of benzene rings is 3. The van der Waals surface area contributed by atoms with Gasteiger partial charge >= 0.3 is 0 Å². The van der Waals surface area contributed by atoms with Crippen LogP contribution in [0.4, 0.5) is 5.69 Å². The number of fused-ring (bicyclic) bond motifs is 3. The first-order valence-electron chi connectivity index (χ1n) is 12.1. The number of amides is 2. The van der Waals surface area contributed by atoms with Crippen LogP contribution in [-0.4, -0.2) is 33.9 Å².